The maximum atomic E-state index is 12.6. The van der Waals surface area contributed by atoms with E-state index in [-0.39, 0.29) is 5.91 Å². The van der Waals surface area contributed by atoms with Gasteiger partial charge < -0.3 is 15.0 Å². The zero-order chi connectivity index (χ0) is 19.9. The fourth-order valence-corrected chi connectivity index (χ4v) is 4.63. The van der Waals surface area contributed by atoms with Gasteiger partial charge in [-0.2, -0.15) is 0 Å². The van der Waals surface area contributed by atoms with E-state index in [1.165, 1.54) is 51.6 Å². The van der Waals surface area contributed by atoms with Crippen LogP contribution in [-0.2, 0) is 0 Å². The minimum atomic E-state index is 0.0526. The molecule has 29 heavy (non-hydrogen) atoms. The molecule has 1 saturated heterocycles. The molecule has 1 aliphatic heterocycles. The highest BCUT2D eigenvalue weighted by atomic mass is 16.5. The highest BCUT2D eigenvalue weighted by Crippen LogP contribution is 2.23. The van der Waals surface area contributed by atoms with Gasteiger partial charge in [0.1, 0.15) is 5.75 Å². The lowest BCUT2D eigenvalue weighted by molar-refractivity contribution is 0.0928. The van der Waals surface area contributed by atoms with Gasteiger partial charge in [-0.1, -0.05) is 37.8 Å². The first-order chi connectivity index (χ1) is 14.3. The highest BCUT2D eigenvalue weighted by molar-refractivity contribution is 5.98. The van der Waals surface area contributed by atoms with E-state index in [1.54, 1.807) is 0 Å². The van der Waals surface area contributed by atoms with Crippen LogP contribution in [0.1, 0.15) is 68.1 Å². The number of ether oxygens (including phenoxy) is 1. The first kappa shape index (κ1) is 20.2. The Labute approximate surface area is 174 Å². The number of carbonyl (C=O) groups is 1. The minimum absolute atomic E-state index is 0.0526. The van der Waals surface area contributed by atoms with Crippen molar-refractivity contribution in [1.82, 2.24) is 10.2 Å². The van der Waals surface area contributed by atoms with Gasteiger partial charge in [0.05, 0.1) is 6.61 Å². The molecule has 2 aliphatic rings. The number of rotatable bonds is 7. The van der Waals surface area contributed by atoms with Crippen LogP contribution in [-0.4, -0.2) is 43.1 Å². The number of benzene rings is 2. The van der Waals surface area contributed by atoms with E-state index in [9.17, 15) is 4.79 Å². The van der Waals surface area contributed by atoms with Crippen molar-refractivity contribution in [3.05, 3.63) is 42.0 Å². The van der Waals surface area contributed by atoms with Crippen LogP contribution in [0.25, 0.3) is 10.8 Å². The molecule has 1 amide bonds. The highest BCUT2D eigenvalue weighted by Gasteiger charge is 2.17. The fourth-order valence-electron chi connectivity index (χ4n) is 4.63. The Morgan fingerprint density at radius 1 is 0.931 bits per heavy atom. The van der Waals surface area contributed by atoms with Gasteiger partial charge in [-0.25, -0.2) is 0 Å². The van der Waals surface area contributed by atoms with Gasteiger partial charge in [-0.15, -0.1) is 0 Å². The summed E-state index contributed by atoms with van der Waals surface area (Å²) in [6.07, 6.45) is 11.1. The summed E-state index contributed by atoms with van der Waals surface area (Å²) < 4.78 is 5.98. The third-order valence-electron chi connectivity index (χ3n) is 6.35. The number of nitrogens with zero attached hydrogens (tertiary/aromatic N) is 1. The predicted octanol–water partition coefficient (Wildman–Crippen LogP) is 5.16. The number of fused-ring (bicyclic) bond motifs is 1. The first-order valence-electron chi connectivity index (χ1n) is 11.5. The van der Waals surface area contributed by atoms with Crippen molar-refractivity contribution in [3.63, 3.8) is 0 Å². The molecule has 1 N–H and O–H groups in total. The second kappa shape index (κ2) is 10.1. The van der Waals surface area contributed by atoms with Crippen LogP contribution in [0.4, 0.5) is 0 Å². The Morgan fingerprint density at radius 3 is 2.48 bits per heavy atom. The topological polar surface area (TPSA) is 41.6 Å². The molecule has 4 rings (SSSR count). The Morgan fingerprint density at radius 2 is 1.66 bits per heavy atom. The van der Waals surface area contributed by atoms with Crippen molar-refractivity contribution in [1.29, 1.82) is 0 Å². The van der Waals surface area contributed by atoms with Crippen LogP contribution < -0.4 is 10.1 Å². The van der Waals surface area contributed by atoms with Gasteiger partial charge >= 0.3 is 0 Å². The lowest BCUT2D eigenvalue weighted by atomic mass is 9.95. The number of piperidine rings is 1. The molecule has 0 unspecified atom stereocenters. The average molecular weight is 395 g/mol. The van der Waals surface area contributed by atoms with Crippen LogP contribution in [0.2, 0.25) is 0 Å². The van der Waals surface area contributed by atoms with Crippen LogP contribution in [0.15, 0.2) is 36.4 Å². The molecule has 0 radical (unpaired) electrons. The molecule has 0 spiro atoms. The zero-order valence-electron chi connectivity index (χ0n) is 17.5. The number of hydrogen-bond acceptors (Lipinski definition) is 3. The van der Waals surface area contributed by atoms with Crippen molar-refractivity contribution in [3.8, 4) is 5.75 Å². The van der Waals surface area contributed by atoms with Gasteiger partial charge in [0.15, 0.2) is 0 Å². The third kappa shape index (κ3) is 5.72. The quantitative estimate of drug-likeness (QED) is 0.660. The Hall–Kier alpha value is -2.07. The molecule has 2 aromatic rings. The van der Waals surface area contributed by atoms with Crippen LogP contribution in [0, 0.1) is 0 Å². The van der Waals surface area contributed by atoms with Crippen molar-refractivity contribution in [2.45, 2.75) is 63.8 Å². The molecule has 0 atom stereocenters. The Kier molecular flexibility index (Phi) is 7.04. The SMILES string of the molecule is O=C(NC1CCCCC1)c1ccc2cc(OCCCN3CCCCC3)ccc2c1. The van der Waals surface area contributed by atoms with Gasteiger partial charge in [0.2, 0.25) is 0 Å². The van der Waals surface area contributed by atoms with Crippen molar-refractivity contribution >= 4 is 16.7 Å². The van der Waals surface area contributed by atoms with E-state index >= 15 is 0 Å². The Bertz CT molecular complexity index is 808. The van der Waals surface area contributed by atoms with Gasteiger partial charge in [-0.05, 0) is 80.2 Å². The summed E-state index contributed by atoms with van der Waals surface area (Å²) in [5, 5.41) is 5.41. The molecule has 1 saturated carbocycles. The molecule has 2 aromatic carbocycles. The largest absolute Gasteiger partial charge is 0.494 e. The van der Waals surface area contributed by atoms with Gasteiger partial charge in [-0.3, -0.25) is 4.79 Å². The number of carbonyl (C=O) groups excluding carboxylic acids is 1. The smallest absolute Gasteiger partial charge is 0.251 e. The second-order valence-electron chi connectivity index (χ2n) is 8.64. The molecule has 2 fully saturated rings. The Balaban J connectivity index is 1.30. The van der Waals surface area contributed by atoms with Crippen LogP contribution in [0.3, 0.4) is 0 Å². The first-order valence-corrected chi connectivity index (χ1v) is 11.5. The number of likely N-dealkylation sites (tertiary alicyclic amines) is 1. The van der Waals surface area contributed by atoms with Gasteiger partial charge in [0, 0.05) is 18.2 Å². The van der Waals surface area contributed by atoms with Gasteiger partial charge in [0.25, 0.3) is 5.91 Å². The summed E-state index contributed by atoms with van der Waals surface area (Å²) in [6.45, 7) is 4.37. The van der Waals surface area contributed by atoms with Crippen molar-refractivity contribution in [2.24, 2.45) is 0 Å². The van der Waals surface area contributed by atoms with E-state index in [1.807, 2.05) is 24.3 Å². The molecular weight excluding hydrogens is 360 g/mol. The average Bonchev–Trinajstić information content (AvgIpc) is 2.77. The van der Waals surface area contributed by atoms with E-state index in [4.69, 9.17) is 4.74 Å². The van der Waals surface area contributed by atoms with Crippen LogP contribution in [0.5, 0.6) is 5.75 Å². The van der Waals surface area contributed by atoms with E-state index in [0.29, 0.717) is 6.04 Å². The fraction of sp³-hybridized carbons (Fsp3) is 0.560. The molecule has 1 heterocycles. The lowest BCUT2D eigenvalue weighted by Crippen LogP contribution is -2.36. The summed E-state index contributed by atoms with van der Waals surface area (Å²) in [5.41, 5.74) is 0.748. The summed E-state index contributed by atoms with van der Waals surface area (Å²) in [7, 11) is 0. The zero-order valence-corrected chi connectivity index (χ0v) is 17.5. The summed E-state index contributed by atoms with van der Waals surface area (Å²) in [4.78, 5) is 15.1. The standard InChI is InChI=1S/C25H34N2O2/c28-25(26-23-8-3-1-4-9-23)22-11-10-21-19-24(13-12-20(21)18-22)29-17-7-16-27-14-5-2-6-15-27/h10-13,18-19,23H,1-9,14-17H2,(H,26,28). The van der Waals surface area contributed by atoms with Crippen molar-refractivity contribution in [2.75, 3.05) is 26.2 Å². The lowest BCUT2D eigenvalue weighted by Gasteiger charge is -2.26. The monoisotopic (exact) mass is 394 g/mol. The summed E-state index contributed by atoms with van der Waals surface area (Å²) in [5.74, 6) is 0.965. The number of hydrogen-bond donors (Lipinski definition) is 1. The van der Waals surface area contributed by atoms with E-state index in [0.717, 1.165) is 54.5 Å². The molecule has 0 aromatic heterocycles. The second-order valence-corrected chi connectivity index (χ2v) is 8.64. The maximum absolute atomic E-state index is 12.6. The number of nitrogens with one attached hydrogen (secondary N) is 1. The van der Waals surface area contributed by atoms with Crippen molar-refractivity contribution < 1.29 is 9.53 Å². The third-order valence-corrected chi connectivity index (χ3v) is 6.35. The normalized spacial score (nSPS) is 18.6. The predicted molar refractivity (Wildman–Crippen MR) is 119 cm³/mol. The van der Waals surface area contributed by atoms with E-state index in [2.05, 4.69) is 22.3 Å². The molecule has 0 bridgehead atoms. The molecular formula is C25H34N2O2. The minimum Gasteiger partial charge on any atom is -0.494 e. The summed E-state index contributed by atoms with van der Waals surface area (Å²) >= 11 is 0. The molecule has 4 nitrogen and oxygen atoms in total. The molecule has 1 aliphatic carbocycles. The van der Waals surface area contributed by atoms with Crippen LogP contribution >= 0.6 is 0 Å². The molecule has 4 heteroatoms. The number of amides is 1. The summed E-state index contributed by atoms with van der Waals surface area (Å²) in [6, 6.07) is 12.5. The maximum Gasteiger partial charge on any atom is 0.251 e. The molecule has 156 valence electrons. The van der Waals surface area contributed by atoms with E-state index < -0.39 is 0 Å².